The molecule has 27 heavy (non-hydrogen) atoms. The van der Waals surface area contributed by atoms with Gasteiger partial charge in [0.05, 0.1) is 37.1 Å². The Kier molecular flexibility index (Phi) is 4.85. The standard InChI is InChI=1S/C18H22N6O3/c1-18(2,3)24-10-11(9-19-24)16(25)21-17-20-15(22-23-17)13-7-6-12(26-4)8-14(13)27-5/h6-10H,1-5H3,(H2,20,21,22,23,25). The Labute approximate surface area is 156 Å². The summed E-state index contributed by atoms with van der Waals surface area (Å²) >= 11 is 0. The van der Waals surface area contributed by atoms with Gasteiger partial charge in [-0.05, 0) is 32.9 Å². The number of amides is 1. The molecule has 0 bridgehead atoms. The van der Waals surface area contributed by atoms with Crippen molar-refractivity contribution in [2.45, 2.75) is 26.3 Å². The normalized spacial score (nSPS) is 11.3. The van der Waals surface area contributed by atoms with E-state index in [4.69, 9.17) is 9.47 Å². The molecule has 0 unspecified atom stereocenters. The van der Waals surface area contributed by atoms with Crippen LogP contribution in [-0.4, -0.2) is 45.1 Å². The lowest BCUT2D eigenvalue weighted by Gasteiger charge is -2.18. The Morgan fingerprint density at radius 3 is 2.63 bits per heavy atom. The number of ether oxygens (including phenoxy) is 2. The highest BCUT2D eigenvalue weighted by molar-refractivity contribution is 6.03. The van der Waals surface area contributed by atoms with Gasteiger partial charge in [0.15, 0.2) is 5.82 Å². The van der Waals surface area contributed by atoms with Crippen LogP contribution in [0.2, 0.25) is 0 Å². The molecule has 0 radical (unpaired) electrons. The molecule has 0 aliphatic carbocycles. The van der Waals surface area contributed by atoms with Crippen LogP contribution < -0.4 is 14.8 Å². The number of nitrogens with zero attached hydrogens (tertiary/aromatic N) is 4. The van der Waals surface area contributed by atoms with Crippen molar-refractivity contribution >= 4 is 11.9 Å². The van der Waals surface area contributed by atoms with E-state index < -0.39 is 0 Å². The number of anilines is 1. The van der Waals surface area contributed by atoms with Crippen LogP contribution >= 0.6 is 0 Å². The Morgan fingerprint density at radius 1 is 1.22 bits per heavy atom. The predicted octanol–water partition coefficient (Wildman–Crippen LogP) is 2.69. The quantitative estimate of drug-likeness (QED) is 0.715. The second-order valence-corrected chi connectivity index (χ2v) is 6.87. The number of benzene rings is 1. The van der Waals surface area contributed by atoms with Crippen LogP contribution in [0.3, 0.4) is 0 Å². The van der Waals surface area contributed by atoms with E-state index >= 15 is 0 Å². The first kappa shape index (κ1) is 18.4. The Balaban J connectivity index is 1.78. The maximum absolute atomic E-state index is 12.4. The predicted molar refractivity (Wildman–Crippen MR) is 100 cm³/mol. The molecule has 2 heterocycles. The molecule has 2 aromatic heterocycles. The molecule has 3 rings (SSSR count). The highest BCUT2D eigenvalue weighted by atomic mass is 16.5. The van der Waals surface area contributed by atoms with Crippen molar-refractivity contribution in [3.63, 3.8) is 0 Å². The maximum Gasteiger partial charge on any atom is 0.261 e. The number of hydrogen-bond donors (Lipinski definition) is 2. The number of nitrogens with one attached hydrogen (secondary N) is 2. The summed E-state index contributed by atoms with van der Waals surface area (Å²) < 4.78 is 12.3. The molecule has 1 aromatic carbocycles. The molecule has 0 spiro atoms. The zero-order chi connectivity index (χ0) is 19.6. The minimum absolute atomic E-state index is 0.163. The van der Waals surface area contributed by atoms with Crippen LogP contribution in [0.5, 0.6) is 11.5 Å². The van der Waals surface area contributed by atoms with Crippen molar-refractivity contribution < 1.29 is 14.3 Å². The van der Waals surface area contributed by atoms with E-state index in [0.717, 1.165) is 0 Å². The fourth-order valence-corrected chi connectivity index (χ4v) is 2.41. The van der Waals surface area contributed by atoms with E-state index in [1.54, 1.807) is 43.3 Å². The first-order valence-electron chi connectivity index (χ1n) is 8.33. The summed E-state index contributed by atoms with van der Waals surface area (Å²) in [6.45, 7) is 6.02. The average molecular weight is 370 g/mol. The largest absolute Gasteiger partial charge is 0.497 e. The zero-order valence-electron chi connectivity index (χ0n) is 15.9. The van der Waals surface area contributed by atoms with Crippen molar-refractivity contribution in [2.75, 3.05) is 19.5 Å². The summed E-state index contributed by atoms with van der Waals surface area (Å²) in [6, 6.07) is 5.34. The van der Waals surface area contributed by atoms with Crippen LogP contribution in [0, 0.1) is 0 Å². The SMILES string of the molecule is COc1ccc(-c2nc(NC(=O)c3cnn(C(C)(C)C)c3)n[nH]2)c(OC)c1. The summed E-state index contributed by atoms with van der Waals surface area (Å²) in [6.07, 6.45) is 3.20. The van der Waals surface area contributed by atoms with E-state index in [2.05, 4.69) is 25.6 Å². The molecule has 0 atom stereocenters. The summed E-state index contributed by atoms with van der Waals surface area (Å²) in [4.78, 5) is 16.7. The molecule has 3 aromatic rings. The van der Waals surface area contributed by atoms with E-state index in [1.807, 2.05) is 20.8 Å². The van der Waals surface area contributed by atoms with Gasteiger partial charge in [0.1, 0.15) is 11.5 Å². The number of H-pyrrole nitrogens is 1. The van der Waals surface area contributed by atoms with Gasteiger partial charge in [0, 0.05) is 12.3 Å². The molecule has 0 fully saturated rings. The molecule has 9 heteroatoms. The fourth-order valence-electron chi connectivity index (χ4n) is 2.41. The molecule has 142 valence electrons. The highest BCUT2D eigenvalue weighted by Crippen LogP contribution is 2.31. The molecule has 0 aliphatic heterocycles. The Bertz CT molecular complexity index is 954. The lowest BCUT2D eigenvalue weighted by Crippen LogP contribution is -2.22. The Morgan fingerprint density at radius 2 is 2.00 bits per heavy atom. The van der Waals surface area contributed by atoms with Crippen LogP contribution in [0.15, 0.2) is 30.6 Å². The van der Waals surface area contributed by atoms with Gasteiger partial charge in [0.2, 0.25) is 5.95 Å². The molecule has 0 aliphatic rings. The Hall–Kier alpha value is -3.36. The molecule has 1 amide bonds. The topological polar surface area (TPSA) is 107 Å². The monoisotopic (exact) mass is 370 g/mol. The molecular weight excluding hydrogens is 348 g/mol. The number of methoxy groups -OCH3 is 2. The molecular formula is C18H22N6O3. The minimum atomic E-state index is -0.335. The van der Waals surface area contributed by atoms with Crippen molar-refractivity contribution in [2.24, 2.45) is 0 Å². The van der Waals surface area contributed by atoms with Crippen LogP contribution in [-0.2, 0) is 5.54 Å². The van der Waals surface area contributed by atoms with E-state index in [9.17, 15) is 4.79 Å². The number of aromatic amines is 1. The number of carbonyl (C=O) groups excluding carboxylic acids is 1. The lowest BCUT2D eigenvalue weighted by atomic mass is 10.1. The third-order valence-corrected chi connectivity index (χ3v) is 3.91. The van der Waals surface area contributed by atoms with Crippen LogP contribution in [0.25, 0.3) is 11.4 Å². The smallest absolute Gasteiger partial charge is 0.261 e. The van der Waals surface area contributed by atoms with E-state index in [0.29, 0.717) is 28.5 Å². The summed E-state index contributed by atoms with van der Waals surface area (Å²) in [7, 11) is 3.14. The van der Waals surface area contributed by atoms with Gasteiger partial charge < -0.3 is 9.47 Å². The summed E-state index contributed by atoms with van der Waals surface area (Å²) in [5.41, 5.74) is 0.923. The molecule has 2 N–H and O–H groups in total. The van der Waals surface area contributed by atoms with Crippen molar-refractivity contribution in [1.82, 2.24) is 25.0 Å². The number of rotatable bonds is 5. The lowest BCUT2D eigenvalue weighted by molar-refractivity contribution is 0.102. The zero-order valence-corrected chi connectivity index (χ0v) is 15.9. The number of carbonyl (C=O) groups is 1. The van der Waals surface area contributed by atoms with Crippen LogP contribution in [0.4, 0.5) is 5.95 Å². The van der Waals surface area contributed by atoms with Gasteiger partial charge in [0.25, 0.3) is 5.91 Å². The third kappa shape index (κ3) is 3.91. The molecule has 9 nitrogen and oxygen atoms in total. The van der Waals surface area contributed by atoms with E-state index in [1.165, 1.54) is 6.20 Å². The van der Waals surface area contributed by atoms with Gasteiger partial charge in [-0.15, -0.1) is 5.10 Å². The first-order valence-corrected chi connectivity index (χ1v) is 8.33. The van der Waals surface area contributed by atoms with Gasteiger partial charge in [-0.1, -0.05) is 0 Å². The van der Waals surface area contributed by atoms with Gasteiger partial charge in [-0.2, -0.15) is 10.1 Å². The van der Waals surface area contributed by atoms with Crippen LogP contribution in [0.1, 0.15) is 31.1 Å². The minimum Gasteiger partial charge on any atom is -0.497 e. The summed E-state index contributed by atoms with van der Waals surface area (Å²) in [5.74, 6) is 1.54. The second-order valence-electron chi connectivity index (χ2n) is 6.87. The number of aromatic nitrogens is 5. The first-order chi connectivity index (χ1) is 12.8. The van der Waals surface area contributed by atoms with Gasteiger partial charge in [-0.3, -0.25) is 19.9 Å². The van der Waals surface area contributed by atoms with Gasteiger partial charge in [-0.25, -0.2) is 0 Å². The van der Waals surface area contributed by atoms with Gasteiger partial charge >= 0.3 is 0 Å². The van der Waals surface area contributed by atoms with E-state index in [-0.39, 0.29) is 17.4 Å². The third-order valence-electron chi connectivity index (χ3n) is 3.91. The average Bonchev–Trinajstić information content (AvgIpc) is 3.30. The highest BCUT2D eigenvalue weighted by Gasteiger charge is 2.18. The van der Waals surface area contributed by atoms with Crippen molar-refractivity contribution in [3.8, 4) is 22.9 Å². The van der Waals surface area contributed by atoms with Crippen molar-refractivity contribution in [1.29, 1.82) is 0 Å². The maximum atomic E-state index is 12.4. The molecule has 0 saturated carbocycles. The summed E-state index contributed by atoms with van der Waals surface area (Å²) in [5, 5.41) is 13.7. The fraction of sp³-hybridized carbons (Fsp3) is 0.333. The number of hydrogen-bond acceptors (Lipinski definition) is 6. The molecule has 0 saturated heterocycles. The second kappa shape index (κ2) is 7.10. The van der Waals surface area contributed by atoms with Crippen molar-refractivity contribution in [3.05, 3.63) is 36.2 Å².